The fourth-order valence-electron chi connectivity index (χ4n) is 2.67. The van der Waals surface area contributed by atoms with Gasteiger partial charge < -0.3 is 4.74 Å². The van der Waals surface area contributed by atoms with Crippen LogP contribution in [0.15, 0.2) is 48.5 Å². The molecule has 0 aliphatic heterocycles. The third-order valence-corrected chi connectivity index (χ3v) is 4.88. The molecule has 8 heteroatoms. The number of hydrogen-bond acceptors (Lipinski definition) is 6. The van der Waals surface area contributed by atoms with E-state index in [4.69, 9.17) is 4.74 Å². The summed E-state index contributed by atoms with van der Waals surface area (Å²) in [6.07, 6.45) is 1.65. The minimum atomic E-state index is -3.20. The zero-order valence-corrected chi connectivity index (χ0v) is 16.5. The van der Waals surface area contributed by atoms with Crippen LogP contribution in [0.2, 0.25) is 0 Å². The number of nitrogens with one attached hydrogen (secondary N) is 1. The second-order valence-corrected chi connectivity index (χ2v) is 8.27. The van der Waals surface area contributed by atoms with Crippen molar-refractivity contribution in [2.24, 2.45) is 0 Å². The van der Waals surface area contributed by atoms with Gasteiger partial charge in [0, 0.05) is 6.54 Å². The molecule has 7 nitrogen and oxygen atoms in total. The highest BCUT2D eigenvalue weighted by Crippen LogP contribution is 2.14. The number of aryl methyl sites for hydroxylation is 1. The predicted molar refractivity (Wildman–Crippen MR) is 106 cm³/mol. The number of fused-ring (bicyclic) bond motifs is 1. The molecule has 1 N–H and O–H groups in total. The van der Waals surface area contributed by atoms with Gasteiger partial charge in [0.05, 0.1) is 34.2 Å². The molecule has 0 spiro atoms. The average molecular weight is 399 g/mol. The van der Waals surface area contributed by atoms with Crippen molar-refractivity contribution in [3.63, 3.8) is 0 Å². The average Bonchev–Trinajstić information content (AvgIpc) is 2.65. The number of benzene rings is 2. The molecule has 0 bridgehead atoms. The normalized spacial score (nSPS) is 11.5. The standard InChI is InChI=1S/C20H21N3O4S/c1-14-19(23-18-6-4-3-5-17(18)22-14)13-27-20(24)16-9-7-15(8-10-16)11-12-21-28(2,25)26/h3-10,21H,11-13H2,1-2H3. The van der Waals surface area contributed by atoms with E-state index in [2.05, 4.69) is 14.7 Å². The van der Waals surface area contributed by atoms with Crippen LogP contribution in [0.4, 0.5) is 0 Å². The molecule has 0 aliphatic rings. The van der Waals surface area contributed by atoms with E-state index in [-0.39, 0.29) is 6.61 Å². The van der Waals surface area contributed by atoms with Gasteiger partial charge in [-0.25, -0.2) is 27.9 Å². The Morgan fingerprint density at radius 1 is 1.04 bits per heavy atom. The Hall–Kier alpha value is -2.84. The van der Waals surface area contributed by atoms with Crippen molar-refractivity contribution in [2.75, 3.05) is 12.8 Å². The van der Waals surface area contributed by atoms with Gasteiger partial charge in [-0.1, -0.05) is 24.3 Å². The Morgan fingerprint density at radius 2 is 1.68 bits per heavy atom. The molecule has 0 fully saturated rings. The number of nitrogens with zero attached hydrogens (tertiary/aromatic N) is 2. The molecule has 28 heavy (non-hydrogen) atoms. The van der Waals surface area contributed by atoms with Crippen LogP contribution in [0.25, 0.3) is 11.0 Å². The fraction of sp³-hybridized carbons (Fsp3) is 0.250. The summed E-state index contributed by atoms with van der Waals surface area (Å²) < 4.78 is 29.9. The van der Waals surface area contributed by atoms with E-state index in [0.717, 1.165) is 28.5 Å². The number of carbonyl (C=O) groups is 1. The predicted octanol–water partition coefficient (Wildman–Crippen LogP) is 2.39. The number of carbonyl (C=O) groups excluding carboxylic acids is 1. The zero-order chi connectivity index (χ0) is 20.1. The smallest absolute Gasteiger partial charge is 0.338 e. The van der Waals surface area contributed by atoms with Gasteiger partial charge in [0.25, 0.3) is 0 Å². The van der Waals surface area contributed by atoms with Crippen LogP contribution in [0.5, 0.6) is 0 Å². The van der Waals surface area contributed by atoms with Crippen LogP contribution in [0, 0.1) is 6.92 Å². The second kappa shape index (κ2) is 8.45. The van der Waals surface area contributed by atoms with E-state index < -0.39 is 16.0 Å². The summed E-state index contributed by atoms with van der Waals surface area (Å²) >= 11 is 0. The van der Waals surface area contributed by atoms with Crippen molar-refractivity contribution in [1.29, 1.82) is 0 Å². The Labute approximate surface area is 163 Å². The van der Waals surface area contributed by atoms with Crippen LogP contribution in [0.1, 0.15) is 27.3 Å². The van der Waals surface area contributed by atoms with Crippen LogP contribution in [0.3, 0.4) is 0 Å². The van der Waals surface area contributed by atoms with Crippen molar-refractivity contribution >= 4 is 27.0 Å². The number of aromatic nitrogens is 2. The molecular formula is C20H21N3O4S. The zero-order valence-electron chi connectivity index (χ0n) is 15.7. The first kappa shape index (κ1) is 19.9. The topological polar surface area (TPSA) is 98.2 Å². The van der Waals surface area contributed by atoms with Crippen LogP contribution in [-0.4, -0.2) is 37.2 Å². The molecule has 1 aromatic heterocycles. The SMILES string of the molecule is Cc1nc2ccccc2nc1COC(=O)c1ccc(CCNS(C)(=O)=O)cc1. The number of hydrogen-bond donors (Lipinski definition) is 1. The maximum Gasteiger partial charge on any atom is 0.338 e. The minimum absolute atomic E-state index is 0.0442. The molecule has 0 radical (unpaired) electrons. The van der Waals surface area contributed by atoms with E-state index in [0.29, 0.717) is 24.2 Å². The summed E-state index contributed by atoms with van der Waals surface area (Å²) in [6, 6.07) is 14.4. The summed E-state index contributed by atoms with van der Waals surface area (Å²) in [4.78, 5) is 21.3. The van der Waals surface area contributed by atoms with Crippen molar-refractivity contribution in [3.05, 3.63) is 71.0 Å². The van der Waals surface area contributed by atoms with Crippen LogP contribution >= 0.6 is 0 Å². The van der Waals surface area contributed by atoms with Gasteiger partial charge in [-0.2, -0.15) is 0 Å². The molecule has 0 saturated heterocycles. The van der Waals surface area contributed by atoms with Gasteiger partial charge in [0.15, 0.2) is 0 Å². The Morgan fingerprint density at radius 3 is 2.32 bits per heavy atom. The number of esters is 1. The first-order chi connectivity index (χ1) is 13.3. The molecule has 2 aromatic carbocycles. The van der Waals surface area contributed by atoms with Gasteiger partial charge in [0.2, 0.25) is 10.0 Å². The molecule has 0 amide bonds. The fourth-order valence-corrected chi connectivity index (χ4v) is 3.14. The van der Waals surface area contributed by atoms with E-state index >= 15 is 0 Å². The van der Waals surface area contributed by atoms with E-state index in [9.17, 15) is 13.2 Å². The Kier molecular flexibility index (Phi) is 6.01. The summed E-state index contributed by atoms with van der Waals surface area (Å²) in [5, 5.41) is 0. The Bertz CT molecular complexity index is 1100. The van der Waals surface area contributed by atoms with E-state index in [1.54, 1.807) is 24.3 Å². The maximum absolute atomic E-state index is 12.3. The number of ether oxygens (including phenoxy) is 1. The highest BCUT2D eigenvalue weighted by molar-refractivity contribution is 7.88. The molecule has 0 atom stereocenters. The minimum Gasteiger partial charge on any atom is -0.456 e. The summed E-state index contributed by atoms with van der Waals surface area (Å²) in [5.74, 6) is -0.449. The molecule has 146 valence electrons. The quantitative estimate of drug-likeness (QED) is 0.613. The molecule has 3 rings (SSSR count). The third-order valence-electron chi connectivity index (χ3n) is 4.15. The van der Waals surface area contributed by atoms with Gasteiger partial charge in [-0.15, -0.1) is 0 Å². The van der Waals surface area contributed by atoms with Gasteiger partial charge in [0.1, 0.15) is 6.61 Å². The molecule has 3 aromatic rings. The van der Waals surface area contributed by atoms with Crippen molar-refractivity contribution < 1.29 is 17.9 Å². The van der Waals surface area contributed by atoms with Gasteiger partial charge in [-0.05, 0) is 43.2 Å². The van der Waals surface area contributed by atoms with E-state index in [1.807, 2.05) is 31.2 Å². The van der Waals surface area contributed by atoms with Crippen molar-refractivity contribution in [3.8, 4) is 0 Å². The molecule has 0 unspecified atom stereocenters. The molecular weight excluding hydrogens is 378 g/mol. The number of para-hydroxylation sites is 2. The lowest BCUT2D eigenvalue weighted by Gasteiger charge is -2.08. The monoisotopic (exact) mass is 399 g/mol. The largest absolute Gasteiger partial charge is 0.456 e. The van der Waals surface area contributed by atoms with Gasteiger partial charge in [-0.3, -0.25) is 0 Å². The lowest BCUT2D eigenvalue weighted by molar-refractivity contribution is 0.0467. The summed E-state index contributed by atoms with van der Waals surface area (Å²) in [5.41, 5.74) is 4.24. The molecule has 1 heterocycles. The lowest BCUT2D eigenvalue weighted by atomic mass is 10.1. The maximum atomic E-state index is 12.3. The molecule has 0 saturated carbocycles. The summed E-state index contributed by atoms with van der Waals surface area (Å²) in [7, 11) is -3.20. The van der Waals surface area contributed by atoms with Crippen molar-refractivity contribution in [1.82, 2.24) is 14.7 Å². The number of rotatable bonds is 7. The highest BCUT2D eigenvalue weighted by atomic mass is 32.2. The lowest BCUT2D eigenvalue weighted by Crippen LogP contribution is -2.24. The summed E-state index contributed by atoms with van der Waals surface area (Å²) in [6.45, 7) is 2.19. The van der Waals surface area contributed by atoms with Crippen molar-refractivity contribution in [2.45, 2.75) is 20.0 Å². The van der Waals surface area contributed by atoms with Gasteiger partial charge >= 0.3 is 5.97 Å². The highest BCUT2D eigenvalue weighted by Gasteiger charge is 2.11. The van der Waals surface area contributed by atoms with Crippen LogP contribution < -0.4 is 4.72 Å². The third kappa shape index (κ3) is 5.34. The Balaban J connectivity index is 1.60. The van der Waals surface area contributed by atoms with E-state index in [1.165, 1.54) is 0 Å². The van der Waals surface area contributed by atoms with Crippen LogP contribution in [-0.2, 0) is 27.8 Å². The first-order valence-corrected chi connectivity index (χ1v) is 10.6. The first-order valence-electron chi connectivity index (χ1n) is 8.75. The number of sulfonamides is 1. The molecule has 0 aliphatic carbocycles. The second-order valence-electron chi connectivity index (χ2n) is 6.43.